The van der Waals surface area contributed by atoms with Crippen LogP contribution in [-0.2, 0) is 6.54 Å². The molecule has 0 bridgehead atoms. The molecular formula is C16H27ClN2O. The molecule has 1 aromatic rings. The summed E-state index contributed by atoms with van der Waals surface area (Å²) >= 11 is 0. The number of nitrogens with two attached hydrogens (primary N) is 1. The number of benzene rings is 1. The first-order valence-corrected chi connectivity index (χ1v) is 7.25. The van der Waals surface area contributed by atoms with Crippen molar-refractivity contribution < 1.29 is 4.74 Å². The molecule has 0 spiro atoms. The van der Waals surface area contributed by atoms with E-state index in [4.69, 9.17) is 10.5 Å². The summed E-state index contributed by atoms with van der Waals surface area (Å²) in [6.45, 7) is 6.39. The van der Waals surface area contributed by atoms with Gasteiger partial charge in [-0.15, -0.1) is 12.4 Å². The second-order valence-electron chi connectivity index (χ2n) is 5.70. The first-order valence-electron chi connectivity index (χ1n) is 7.25. The molecule has 2 unspecified atom stereocenters. The molecule has 1 saturated heterocycles. The van der Waals surface area contributed by atoms with Crippen LogP contribution in [0.25, 0.3) is 0 Å². The average Bonchev–Trinajstić information content (AvgIpc) is 2.39. The van der Waals surface area contributed by atoms with E-state index in [2.05, 4.69) is 36.9 Å². The van der Waals surface area contributed by atoms with Crippen LogP contribution in [0.1, 0.15) is 37.3 Å². The molecule has 1 fully saturated rings. The highest BCUT2D eigenvalue weighted by Crippen LogP contribution is 2.24. The van der Waals surface area contributed by atoms with Crippen LogP contribution < -0.4 is 10.5 Å². The molecular weight excluding hydrogens is 272 g/mol. The van der Waals surface area contributed by atoms with Crippen LogP contribution in [0.4, 0.5) is 0 Å². The fourth-order valence-electron chi connectivity index (χ4n) is 3.08. The average molecular weight is 299 g/mol. The lowest BCUT2D eigenvalue weighted by molar-refractivity contribution is 0.123. The second-order valence-corrected chi connectivity index (χ2v) is 5.70. The van der Waals surface area contributed by atoms with Crippen LogP contribution in [0, 0.1) is 6.92 Å². The van der Waals surface area contributed by atoms with Crippen molar-refractivity contribution in [3.63, 3.8) is 0 Å². The maximum Gasteiger partial charge on any atom is 0.121 e. The summed E-state index contributed by atoms with van der Waals surface area (Å²) in [5.41, 5.74) is 8.68. The van der Waals surface area contributed by atoms with Crippen molar-refractivity contribution >= 4 is 12.4 Å². The quantitative estimate of drug-likeness (QED) is 0.928. The number of ether oxygens (including phenoxy) is 1. The number of nitrogens with zero attached hydrogens (tertiary/aromatic N) is 1. The van der Waals surface area contributed by atoms with E-state index in [-0.39, 0.29) is 18.4 Å². The summed E-state index contributed by atoms with van der Waals surface area (Å²) in [4.78, 5) is 2.54. The van der Waals surface area contributed by atoms with Gasteiger partial charge in [0.05, 0.1) is 7.11 Å². The zero-order chi connectivity index (χ0) is 13.8. The molecule has 4 heteroatoms. The predicted molar refractivity (Wildman–Crippen MR) is 86.7 cm³/mol. The second kappa shape index (κ2) is 7.87. The van der Waals surface area contributed by atoms with Gasteiger partial charge in [-0.2, -0.15) is 0 Å². The lowest BCUT2D eigenvalue weighted by atomic mass is 9.96. The molecule has 2 atom stereocenters. The molecule has 0 radical (unpaired) electrons. The van der Waals surface area contributed by atoms with E-state index in [0.717, 1.165) is 18.8 Å². The molecule has 0 aromatic heterocycles. The number of methoxy groups -OCH3 is 1. The summed E-state index contributed by atoms with van der Waals surface area (Å²) < 4.78 is 5.32. The highest BCUT2D eigenvalue weighted by Gasteiger charge is 2.25. The summed E-state index contributed by atoms with van der Waals surface area (Å²) in [5.74, 6) is 0.964. The van der Waals surface area contributed by atoms with Gasteiger partial charge in [-0.25, -0.2) is 0 Å². The van der Waals surface area contributed by atoms with Gasteiger partial charge in [0.15, 0.2) is 0 Å². The molecule has 0 aliphatic carbocycles. The Hall–Kier alpha value is -0.770. The van der Waals surface area contributed by atoms with Gasteiger partial charge in [-0.05, 0) is 50.4 Å². The number of halogens is 1. The molecule has 1 aliphatic rings. The maximum atomic E-state index is 6.13. The minimum Gasteiger partial charge on any atom is -0.496 e. The van der Waals surface area contributed by atoms with Gasteiger partial charge in [0.2, 0.25) is 0 Å². The highest BCUT2D eigenvalue weighted by molar-refractivity contribution is 5.85. The van der Waals surface area contributed by atoms with Gasteiger partial charge in [-0.3, -0.25) is 4.90 Å². The predicted octanol–water partition coefficient (Wildman–Crippen LogP) is 3.13. The van der Waals surface area contributed by atoms with Gasteiger partial charge in [0.1, 0.15) is 5.75 Å². The molecule has 3 nitrogen and oxygen atoms in total. The fourth-order valence-corrected chi connectivity index (χ4v) is 3.08. The summed E-state index contributed by atoms with van der Waals surface area (Å²) in [5, 5.41) is 0. The van der Waals surface area contributed by atoms with Crippen molar-refractivity contribution in [3.05, 3.63) is 29.3 Å². The third kappa shape index (κ3) is 4.11. The fraction of sp³-hybridized carbons (Fsp3) is 0.625. The topological polar surface area (TPSA) is 38.5 Å². The molecule has 1 heterocycles. The number of likely N-dealkylation sites (tertiary alicyclic amines) is 1. The van der Waals surface area contributed by atoms with Crippen LogP contribution in [0.5, 0.6) is 5.75 Å². The van der Waals surface area contributed by atoms with Crippen LogP contribution in [0.3, 0.4) is 0 Å². The molecule has 114 valence electrons. The number of aryl methyl sites for hydroxylation is 1. The number of hydrogen-bond acceptors (Lipinski definition) is 3. The zero-order valence-corrected chi connectivity index (χ0v) is 13.6. The maximum absolute atomic E-state index is 6.13. The molecule has 1 aromatic carbocycles. The van der Waals surface area contributed by atoms with Crippen LogP contribution in [-0.4, -0.2) is 30.6 Å². The largest absolute Gasteiger partial charge is 0.496 e. The molecule has 20 heavy (non-hydrogen) atoms. The van der Waals surface area contributed by atoms with E-state index in [0.29, 0.717) is 6.04 Å². The Morgan fingerprint density at radius 2 is 2.15 bits per heavy atom. The number of rotatable bonds is 4. The smallest absolute Gasteiger partial charge is 0.121 e. The Bertz CT molecular complexity index is 423. The Kier molecular flexibility index (Phi) is 6.80. The third-order valence-electron chi connectivity index (χ3n) is 4.12. The first-order chi connectivity index (χ1) is 9.11. The molecule has 2 N–H and O–H groups in total. The SMILES string of the molecule is COc1ccc(CN2CCCCC2C(C)N)cc1C.Cl. The summed E-state index contributed by atoms with van der Waals surface area (Å²) in [6.07, 6.45) is 3.83. The van der Waals surface area contributed by atoms with Crippen molar-refractivity contribution in [2.45, 2.75) is 51.7 Å². The third-order valence-corrected chi connectivity index (χ3v) is 4.12. The van der Waals surface area contributed by atoms with E-state index in [9.17, 15) is 0 Å². The van der Waals surface area contributed by atoms with Gasteiger partial charge in [0.25, 0.3) is 0 Å². The monoisotopic (exact) mass is 298 g/mol. The van der Waals surface area contributed by atoms with E-state index < -0.39 is 0 Å². The lowest BCUT2D eigenvalue weighted by Gasteiger charge is -2.38. The zero-order valence-electron chi connectivity index (χ0n) is 12.8. The standard InChI is InChI=1S/C16H26N2O.ClH/c1-12-10-14(7-8-16(12)19-3)11-18-9-5-4-6-15(18)13(2)17;/h7-8,10,13,15H,4-6,9,11,17H2,1-3H3;1H. The van der Waals surface area contributed by atoms with Gasteiger partial charge < -0.3 is 10.5 Å². The van der Waals surface area contributed by atoms with E-state index >= 15 is 0 Å². The van der Waals surface area contributed by atoms with Crippen LogP contribution >= 0.6 is 12.4 Å². The van der Waals surface area contributed by atoms with Gasteiger partial charge in [0, 0.05) is 18.6 Å². The van der Waals surface area contributed by atoms with Crippen molar-refractivity contribution in [2.24, 2.45) is 5.73 Å². The van der Waals surface area contributed by atoms with Crippen LogP contribution in [0.2, 0.25) is 0 Å². The van der Waals surface area contributed by atoms with Crippen molar-refractivity contribution in [2.75, 3.05) is 13.7 Å². The number of piperidine rings is 1. The normalized spacial score (nSPS) is 21.1. The summed E-state index contributed by atoms with van der Waals surface area (Å²) in [7, 11) is 1.72. The van der Waals surface area contributed by atoms with Gasteiger partial charge >= 0.3 is 0 Å². The number of hydrogen-bond donors (Lipinski definition) is 1. The molecule has 0 saturated carbocycles. The minimum atomic E-state index is 0. The first kappa shape index (κ1) is 17.3. The minimum absolute atomic E-state index is 0. The van der Waals surface area contributed by atoms with Crippen LogP contribution in [0.15, 0.2) is 18.2 Å². The Balaban J connectivity index is 0.00000200. The molecule has 1 aliphatic heterocycles. The summed E-state index contributed by atoms with van der Waals surface area (Å²) in [6, 6.07) is 7.23. The molecule has 2 rings (SSSR count). The highest BCUT2D eigenvalue weighted by atomic mass is 35.5. The lowest BCUT2D eigenvalue weighted by Crippen LogP contribution is -2.48. The van der Waals surface area contributed by atoms with Crippen molar-refractivity contribution in [3.8, 4) is 5.75 Å². The van der Waals surface area contributed by atoms with E-state index in [1.807, 2.05) is 0 Å². The Morgan fingerprint density at radius 1 is 1.40 bits per heavy atom. The van der Waals surface area contributed by atoms with E-state index in [1.54, 1.807) is 7.11 Å². The van der Waals surface area contributed by atoms with Crippen molar-refractivity contribution in [1.82, 2.24) is 4.90 Å². The molecule has 0 amide bonds. The van der Waals surface area contributed by atoms with E-state index in [1.165, 1.54) is 30.4 Å². The van der Waals surface area contributed by atoms with Crippen molar-refractivity contribution in [1.29, 1.82) is 0 Å². The Labute approximate surface area is 128 Å². The van der Waals surface area contributed by atoms with Gasteiger partial charge in [-0.1, -0.05) is 18.6 Å². The Morgan fingerprint density at radius 3 is 2.75 bits per heavy atom.